The SMILES string of the molecule is Cc1cc(C(C)COC(=O)N=C(N(C)C)N(C)C)c([N+](=O)[O-])cc1C. The molecule has 8 nitrogen and oxygen atoms in total. The number of nitrogens with zero attached hydrogens (tertiary/aromatic N) is 4. The molecule has 1 rings (SSSR count). The maximum atomic E-state index is 11.9. The highest BCUT2D eigenvalue weighted by Gasteiger charge is 2.21. The number of nitro groups is 1. The summed E-state index contributed by atoms with van der Waals surface area (Å²) in [6, 6.07) is 3.33. The molecule has 0 aliphatic carbocycles. The van der Waals surface area contributed by atoms with Crippen molar-refractivity contribution in [1.82, 2.24) is 9.80 Å². The normalized spacial score (nSPS) is 11.5. The van der Waals surface area contributed by atoms with Gasteiger partial charge in [-0.05, 0) is 31.0 Å². The molecule has 0 bridgehead atoms. The smallest absolute Gasteiger partial charge is 0.436 e. The predicted molar refractivity (Wildman–Crippen MR) is 97.1 cm³/mol. The Morgan fingerprint density at radius 1 is 1.20 bits per heavy atom. The molecule has 25 heavy (non-hydrogen) atoms. The van der Waals surface area contributed by atoms with E-state index in [4.69, 9.17) is 4.74 Å². The lowest BCUT2D eigenvalue weighted by Gasteiger charge is -2.22. The monoisotopic (exact) mass is 350 g/mol. The van der Waals surface area contributed by atoms with Crippen LogP contribution < -0.4 is 0 Å². The van der Waals surface area contributed by atoms with Crippen LogP contribution in [0.1, 0.15) is 29.5 Å². The van der Waals surface area contributed by atoms with Crippen LogP contribution in [-0.2, 0) is 4.74 Å². The first kappa shape index (κ1) is 20.4. The number of benzene rings is 1. The number of hydrogen-bond acceptors (Lipinski definition) is 4. The number of amides is 1. The van der Waals surface area contributed by atoms with Gasteiger partial charge in [-0.25, -0.2) is 4.79 Å². The van der Waals surface area contributed by atoms with Gasteiger partial charge in [0.25, 0.3) is 5.69 Å². The van der Waals surface area contributed by atoms with E-state index in [1.807, 2.05) is 13.8 Å². The Bertz CT molecular complexity index is 673. The summed E-state index contributed by atoms with van der Waals surface area (Å²) in [6.45, 7) is 5.52. The van der Waals surface area contributed by atoms with Gasteiger partial charge in [0.1, 0.15) is 6.61 Å². The van der Waals surface area contributed by atoms with Crippen LogP contribution in [0.15, 0.2) is 17.1 Å². The Balaban J connectivity index is 2.92. The quantitative estimate of drug-likeness (QED) is 0.359. The fraction of sp³-hybridized carbons (Fsp3) is 0.529. The number of aryl methyl sites for hydroxylation is 2. The summed E-state index contributed by atoms with van der Waals surface area (Å²) in [7, 11) is 7.08. The zero-order valence-corrected chi connectivity index (χ0v) is 15.9. The van der Waals surface area contributed by atoms with Crippen molar-refractivity contribution >= 4 is 17.7 Å². The summed E-state index contributed by atoms with van der Waals surface area (Å²) < 4.78 is 5.19. The van der Waals surface area contributed by atoms with Gasteiger partial charge in [-0.3, -0.25) is 10.1 Å². The van der Waals surface area contributed by atoms with E-state index >= 15 is 0 Å². The molecule has 1 atom stereocenters. The second-order valence-corrected chi connectivity index (χ2v) is 6.43. The molecule has 1 amide bonds. The van der Waals surface area contributed by atoms with Gasteiger partial charge in [0, 0.05) is 45.7 Å². The Morgan fingerprint density at radius 2 is 1.72 bits per heavy atom. The van der Waals surface area contributed by atoms with Crippen LogP contribution in [-0.4, -0.2) is 61.6 Å². The van der Waals surface area contributed by atoms with Crippen molar-refractivity contribution in [3.8, 4) is 0 Å². The first-order chi connectivity index (χ1) is 11.5. The lowest BCUT2D eigenvalue weighted by Crippen LogP contribution is -2.36. The highest BCUT2D eigenvalue weighted by Crippen LogP contribution is 2.29. The molecular formula is C17H26N4O4. The summed E-state index contributed by atoms with van der Waals surface area (Å²) in [5.41, 5.74) is 2.40. The van der Waals surface area contributed by atoms with Gasteiger partial charge in [0.15, 0.2) is 0 Å². The molecule has 0 N–H and O–H groups in total. The minimum absolute atomic E-state index is 0.0137. The summed E-state index contributed by atoms with van der Waals surface area (Å²) in [5, 5.41) is 11.3. The third kappa shape index (κ3) is 5.44. The minimum atomic E-state index is -0.726. The molecule has 0 spiro atoms. The summed E-state index contributed by atoms with van der Waals surface area (Å²) >= 11 is 0. The van der Waals surface area contributed by atoms with Crippen molar-refractivity contribution < 1.29 is 14.5 Å². The number of guanidine groups is 1. The summed E-state index contributed by atoms with van der Waals surface area (Å²) in [5.74, 6) is 0.135. The van der Waals surface area contributed by atoms with E-state index in [0.29, 0.717) is 11.5 Å². The predicted octanol–water partition coefficient (Wildman–Crippen LogP) is 2.93. The Morgan fingerprint density at radius 3 is 2.20 bits per heavy atom. The third-order valence-corrected chi connectivity index (χ3v) is 3.82. The zero-order chi connectivity index (χ0) is 19.3. The average molecular weight is 350 g/mol. The largest absolute Gasteiger partial charge is 0.447 e. The average Bonchev–Trinajstić information content (AvgIpc) is 2.51. The highest BCUT2D eigenvalue weighted by atomic mass is 16.6. The van der Waals surface area contributed by atoms with Crippen molar-refractivity contribution in [3.05, 3.63) is 38.9 Å². The highest BCUT2D eigenvalue weighted by molar-refractivity contribution is 5.89. The zero-order valence-electron chi connectivity index (χ0n) is 15.9. The van der Waals surface area contributed by atoms with Crippen LogP contribution >= 0.6 is 0 Å². The standard InChI is InChI=1S/C17H26N4O4/c1-11-8-14(15(21(23)24)9-12(11)2)13(3)10-25-17(22)18-16(19(4)5)20(6)7/h8-9,13H,10H2,1-7H3. The molecule has 0 aliphatic rings. The van der Waals surface area contributed by atoms with Gasteiger partial charge in [-0.1, -0.05) is 6.92 Å². The van der Waals surface area contributed by atoms with E-state index in [2.05, 4.69) is 4.99 Å². The van der Waals surface area contributed by atoms with Crippen LogP contribution in [0.4, 0.5) is 10.5 Å². The molecule has 138 valence electrons. The molecule has 1 unspecified atom stereocenters. The molecule has 0 heterocycles. The van der Waals surface area contributed by atoms with Crippen LogP contribution in [0.5, 0.6) is 0 Å². The number of hydrogen-bond donors (Lipinski definition) is 0. The molecular weight excluding hydrogens is 324 g/mol. The third-order valence-electron chi connectivity index (χ3n) is 3.82. The number of rotatable bonds is 4. The van der Waals surface area contributed by atoms with Crippen LogP contribution in [0.25, 0.3) is 0 Å². The molecule has 0 aromatic heterocycles. The van der Waals surface area contributed by atoms with Gasteiger partial charge >= 0.3 is 6.09 Å². The number of ether oxygens (including phenoxy) is 1. The molecule has 0 aliphatic heterocycles. The molecule has 1 aromatic carbocycles. The molecule has 8 heteroatoms. The topological polar surface area (TPSA) is 88.3 Å². The number of aliphatic imine (C=N–C) groups is 1. The van der Waals surface area contributed by atoms with Gasteiger partial charge in [-0.15, -0.1) is 4.99 Å². The van der Waals surface area contributed by atoms with Gasteiger partial charge in [0.2, 0.25) is 5.96 Å². The van der Waals surface area contributed by atoms with E-state index in [9.17, 15) is 14.9 Å². The number of carbonyl (C=O) groups is 1. The first-order valence-electron chi connectivity index (χ1n) is 7.90. The lowest BCUT2D eigenvalue weighted by molar-refractivity contribution is -0.385. The van der Waals surface area contributed by atoms with Crippen LogP contribution in [0.2, 0.25) is 0 Å². The lowest BCUT2D eigenvalue weighted by atomic mass is 9.95. The van der Waals surface area contributed by atoms with E-state index in [1.165, 1.54) is 0 Å². The van der Waals surface area contributed by atoms with Crippen molar-refractivity contribution in [2.75, 3.05) is 34.8 Å². The van der Waals surface area contributed by atoms with E-state index in [0.717, 1.165) is 11.1 Å². The van der Waals surface area contributed by atoms with Gasteiger partial charge < -0.3 is 14.5 Å². The van der Waals surface area contributed by atoms with E-state index in [-0.39, 0.29) is 18.2 Å². The summed E-state index contributed by atoms with van der Waals surface area (Å²) in [4.78, 5) is 30.1. The van der Waals surface area contributed by atoms with Crippen molar-refractivity contribution in [1.29, 1.82) is 0 Å². The molecule has 0 radical (unpaired) electrons. The second kappa shape index (κ2) is 8.46. The van der Waals surface area contributed by atoms with Crippen molar-refractivity contribution in [2.24, 2.45) is 4.99 Å². The fourth-order valence-electron chi connectivity index (χ4n) is 2.38. The van der Waals surface area contributed by atoms with Crippen LogP contribution in [0.3, 0.4) is 0 Å². The number of nitro benzene ring substituents is 1. The Labute approximate surface area is 148 Å². The molecule has 0 fully saturated rings. The van der Waals surface area contributed by atoms with E-state index in [1.54, 1.807) is 57.0 Å². The fourth-order valence-corrected chi connectivity index (χ4v) is 2.38. The van der Waals surface area contributed by atoms with Crippen LogP contribution in [0, 0.1) is 24.0 Å². The first-order valence-corrected chi connectivity index (χ1v) is 7.90. The maximum absolute atomic E-state index is 11.9. The van der Waals surface area contributed by atoms with E-state index < -0.39 is 11.0 Å². The summed E-state index contributed by atoms with van der Waals surface area (Å²) in [6.07, 6.45) is -0.726. The Kier molecular flexibility index (Phi) is 6.90. The maximum Gasteiger partial charge on any atom is 0.436 e. The molecule has 0 saturated heterocycles. The second-order valence-electron chi connectivity index (χ2n) is 6.43. The van der Waals surface area contributed by atoms with Crippen molar-refractivity contribution in [2.45, 2.75) is 26.7 Å². The molecule has 0 saturated carbocycles. The van der Waals surface area contributed by atoms with Gasteiger partial charge in [-0.2, -0.15) is 0 Å². The Hall–Kier alpha value is -2.64. The van der Waals surface area contributed by atoms with Crippen molar-refractivity contribution in [3.63, 3.8) is 0 Å². The van der Waals surface area contributed by atoms with Gasteiger partial charge in [0.05, 0.1) is 4.92 Å². The number of carbonyl (C=O) groups excluding carboxylic acids is 1. The molecule has 1 aromatic rings. The minimum Gasteiger partial charge on any atom is -0.447 e.